The summed E-state index contributed by atoms with van der Waals surface area (Å²) in [4.78, 5) is 11.4. The number of hydrogen-bond acceptors (Lipinski definition) is 2. The van der Waals surface area contributed by atoms with Crippen molar-refractivity contribution in [3.05, 3.63) is 0 Å². The smallest absolute Gasteiger partial charge is 0.164 e. The summed E-state index contributed by atoms with van der Waals surface area (Å²) in [6.45, 7) is 6.04. The highest BCUT2D eigenvalue weighted by Gasteiger charge is 2.63. The maximum atomic E-state index is 11.4. The normalized spacial score (nSPS) is 50.2. The minimum Gasteiger partial charge on any atom is -0.382 e. The summed E-state index contributed by atoms with van der Waals surface area (Å²) in [5.41, 5.74) is -0.731. The van der Waals surface area contributed by atoms with E-state index in [0.717, 1.165) is 0 Å². The molecule has 2 saturated carbocycles. The lowest BCUT2D eigenvalue weighted by molar-refractivity contribution is -0.139. The van der Waals surface area contributed by atoms with E-state index in [9.17, 15) is 9.90 Å². The van der Waals surface area contributed by atoms with Crippen molar-refractivity contribution < 1.29 is 9.90 Å². The number of carbonyl (C=O) groups is 1. The fourth-order valence-corrected chi connectivity index (χ4v) is 2.63. The average Bonchev–Trinajstić information content (AvgIpc) is 2.37. The summed E-state index contributed by atoms with van der Waals surface area (Å²) in [7, 11) is 0. The molecule has 12 heavy (non-hydrogen) atoms. The van der Waals surface area contributed by atoms with Crippen LogP contribution in [-0.4, -0.2) is 16.5 Å². The van der Waals surface area contributed by atoms with Crippen LogP contribution in [0.4, 0.5) is 0 Å². The number of carbonyl (C=O) groups excluding carboxylic acids is 1. The molecule has 1 N–H and O–H groups in total. The second-order valence-electron chi connectivity index (χ2n) is 5.14. The third-order valence-electron chi connectivity index (χ3n) is 3.91. The Hall–Kier alpha value is -0.370. The molecule has 0 saturated heterocycles. The molecule has 0 aliphatic heterocycles. The van der Waals surface area contributed by atoms with Crippen LogP contribution in [0.3, 0.4) is 0 Å². The molecule has 0 aromatic rings. The lowest BCUT2D eigenvalue weighted by Gasteiger charge is -2.25. The summed E-state index contributed by atoms with van der Waals surface area (Å²) in [6.07, 6.45) is 1.26. The summed E-state index contributed by atoms with van der Waals surface area (Å²) >= 11 is 0. The molecule has 0 radical (unpaired) electrons. The first-order valence-corrected chi connectivity index (χ1v) is 4.61. The van der Waals surface area contributed by atoms with Crippen LogP contribution in [0, 0.1) is 17.3 Å². The Morgan fingerprint density at radius 1 is 1.33 bits per heavy atom. The highest BCUT2D eigenvalue weighted by molar-refractivity contribution is 5.88. The first-order chi connectivity index (χ1) is 5.36. The van der Waals surface area contributed by atoms with Gasteiger partial charge in [0, 0.05) is 6.42 Å². The molecule has 2 heteroatoms. The highest BCUT2D eigenvalue weighted by atomic mass is 16.3. The molecular weight excluding hydrogens is 152 g/mol. The average molecular weight is 168 g/mol. The standard InChI is InChI=1S/C10H16O2/c1-9(2)6-4-8(11)10(3,12)5-7(6)9/h6-7,12H,4-5H2,1-3H3/t6-,7+,10+/m1/s1. The van der Waals surface area contributed by atoms with E-state index in [-0.39, 0.29) is 5.78 Å². The van der Waals surface area contributed by atoms with Gasteiger partial charge in [-0.1, -0.05) is 13.8 Å². The van der Waals surface area contributed by atoms with E-state index >= 15 is 0 Å². The van der Waals surface area contributed by atoms with Crippen molar-refractivity contribution in [1.29, 1.82) is 0 Å². The molecule has 0 aromatic heterocycles. The molecule has 2 aliphatic carbocycles. The van der Waals surface area contributed by atoms with Gasteiger partial charge in [-0.3, -0.25) is 4.79 Å². The predicted octanol–water partition coefficient (Wildman–Crippen LogP) is 1.37. The van der Waals surface area contributed by atoms with Gasteiger partial charge in [0.15, 0.2) is 5.78 Å². The van der Waals surface area contributed by atoms with Gasteiger partial charge in [0.25, 0.3) is 0 Å². The minimum absolute atomic E-state index is 0.0364. The van der Waals surface area contributed by atoms with Crippen molar-refractivity contribution in [3.8, 4) is 0 Å². The minimum atomic E-state index is -1.03. The lowest BCUT2D eigenvalue weighted by Crippen LogP contribution is -2.38. The lowest BCUT2D eigenvalue weighted by atomic mass is 9.85. The van der Waals surface area contributed by atoms with Crippen molar-refractivity contribution in [2.24, 2.45) is 17.3 Å². The molecule has 0 spiro atoms. The molecule has 2 nitrogen and oxygen atoms in total. The summed E-state index contributed by atoms with van der Waals surface area (Å²) < 4.78 is 0. The molecule has 3 atom stereocenters. The Morgan fingerprint density at radius 3 is 2.42 bits per heavy atom. The third-order valence-corrected chi connectivity index (χ3v) is 3.91. The number of rotatable bonds is 0. The zero-order valence-corrected chi connectivity index (χ0v) is 7.92. The van der Waals surface area contributed by atoms with E-state index < -0.39 is 5.60 Å². The number of Topliss-reactive ketones (excluding diaryl/α,β-unsaturated/α-hetero) is 1. The second kappa shape index (κ2) is 1.92. The van der Waals surface area contributed by atoms with Gasteiger partial charge in [-0.2, -0.15) is 0 Å². The fraction of sp³-hybridized carbons (Fsp3) is 0.900. The molecule has 0 amide bonds. The molecule has 68 valence electrons. The van der Waals surface area contributed by atoms with E-state index in [1.54, 1.807) is 6.92 Å². The Labute approximate surface area is 73.0 Å². The SMILES string of the molecule is CC1(C)[C@@H]2CC(=O)[C@@](C)(O)C[C@@H]21. The van der Waals surface area contributed by atoms with Gasteiger partial charge in [-0.05, 0) is 30.6 Å². The van der Waals surface area contributed by atoms with Gasteiger partial charge < -0.3 is 5.11 Å². The van der Waals surface area contributed by atoms with Crippen molar-refractivity contribution >= 4 is 5.78 Å². The van der Waals surface area contributed by atoms with Crippen molar-refractivity contribution in [2.75, 3.05) is 0 Å². The molecular formula is C10H16O2. The molecule has 0 heterocycles. The molecule has 2 fully saturated rings. The maximum absolute atomic E-state index is 11.4. The zero-order chi connectivity index (χ0) is 9.15. The van der Waals surface area contributed by atoms with Crippen molar-refractivity contribution in [1.82, 2.24) is 0 Å². The van der Waals surface area contributed by atoms with Gasteiger partial charge in [0.2, 0.25) is 0 Å². The van der Waals surface area contributed by atoms with Gasteiger partial charge in [-0.15, -0.1) is 0 Å². The van der Waals surface area contributed by atoms with E-state index in [4.69, 9.17) is 0 Å². The first-order valence-electron chi connectivity index (χ1n) is 4.61. The number of fused-ring (bicyclic) bond motifs is 1. The van der Waals surface area contributed by atoms with Gasteiger partial charge in [0.05, 0.1) is 0 Å². The first kappa shape index (κ1) is 8.24. The van der Waals surface area contributed by atoms with Gasteiger partial charge in [-0.25, -0.2) is 0 Å². The molecule has 2 aliphatic rings. The Kier molecular flexibility index (Phi) is 1.32. The van der Waals surface area contributed by atoms with Crippen LogP contribution < -0.4 is 0 Å². The second-order valence-corrected chi connectivity index (χ2v) is 5.14. The molecule has 0 bridgehead atoms. The van der Waals surface area contributed by atoms with Gasteiger partial charge in [0.1, 0.15) is 5.60 Å². The summed E-state index contributed by atoms with van der Waals surface area (Å²) in [5, 5.41) is 9.72. The van der Waals surface area contributed by atoms with Crippen LogP contribution in [0.2, 0.25) is 0 Å². The molecule has 0 unspecified atom stereocenters. The van der Waals surface area contributed by atoms with Gasteiger partial charge >= 0.3 is 0 Å². The molecule has 2 rings (SSSR count). The third kappa shape index (κ3) is 0.875. The quantitative estimate of drug-likeness (QED) is 0.593. The summed E-state index contributed by atoms with van der Waals surface area (Å²) in [6, 6.07) is 0. The van der Waals surface area contributed by atoms with Crippen LogP contribution in [0.1, 0.15) is 33.6 Å². The van der Waals surface area contributed by atoms with Crippen LogP contribution in [0.25, 0.3) is 0 Å². The number of hydrogen-bond donors (Lipinski definition) is 1. The number of ketones is 1. The zero-order valence-electron chi connectivity index (χ0n) is 7.92. The highest BCUT2D eigenvalue weighted by Crippen LogP contribution is 2.65. The van der Waals surface area contributed by atoms with Crippen molar-refractivity contribution in [2.45, 2.75) is 39.2 Å². The Morgan fingerprint density at radius 2 is 1.92 bits per heavy atom. The van der Waals surface area contributed by atoms with Crippen LogP contribution >= 0.6 is 0 Å². The van der Waals surface area contributed by atoms with Crippen LogP contribution in [-0.2, 0) is 4.79 Å². The van der Waals surface area contributed by atoms with Crippen molar-refractivity contribution in [3.63, 3.8) is 0 Å². The van der Waals surface area contributed by atoms with E-state index in [1.165, 1.54) is 0 Å². The predicted molar refractivity (Wildman–Crippen MR) is 45.6 cm³/mol. The topological polar surface area (TPSA) is 37.3 Å². The Balaban J connectivity index is 2.19. The Bertz CT molecular complexity index is 240. The fourth-order valence-electron chi connectivity index (χ4n) is 2.63. The van der Waals surface area contributed by atoms with E-state index in [0.29, 0.717) is 30.1 Å². The maximum Gasteiger partial charge on any atom is 0.164 e. The van der Waals surface area contributed by atoms with E-state index in [1.807, 2.05) is 0 Å². The summed E-state index contributed by atoms with van der Waals surface area (Å²) in [5.74, 6) is 1.16. The largest absolute Gasteiger partial charge is 0.382 e. The van der Waals surface area contributed by atoms with E-state index in [2.05, 4.69) is 13.8 Å². The molecule has 0 aromatic carbocycles. The van der Waals surface area contributed by atoms with Crippen LogP contribution in [0.15, 0.2) is 0 Å². The monoisotopic (exact) mass is 168 g/mol. The number of aliphatic hydroxyl groups is 1. The van der Waals surface area contributed by atoms with Crippen LogP contribution in [0.5, 0.6) is 0 Å².